The van der Waals surface area contributed by atoms with Gasteiger partial charge in [0.05, 0.1) is 40.9 Å². The third kappa shape index (κ3) is 6.95. The number of anilines is 4. The molecular formula is C33H44N8O4S. The van der Waals surface area contributed by atoms with Crippen LogP contribution in [0.2, 0.25) is 0 Å². The third-order valence-corrected chi connectivity index (χ3v) is 10.6. The molecule has 1 fully saturated rings. The van der Waals surface area contributed by atoms with E-state index in [-0.39, 0.29) is 22.9 Å². The highest BCUT2D eigenvalue weighted by atomic mass is 32.2. The van der Waals surface area contributed by atoms with Crippen molar-refractivity contribution >= 4 is 44.7 Å². The van der Waals surface area contributed by atoms with E-state index in [4.69, 9.17) is 4.74 Å². The first-order chi connectivity index (χ1) is 21.9. The Bertz CT molecular complexity index is 1810. The summed E-state index contributed by atoms with van der Waals surface area (Å²) in [6.45, 7) is 12.8. The fourth-order valence-electron chi connectivity index (χ4n) is 5.94. The largest absolute Gasteiger partial charge is 0.495 e. The van der Waals surface area contributed by atoms with Gasteiger partial charge in [0.1, 0.15) is 5.75 Å². The molecule has 12 nitrogen and oxygen atoms in total. The van der Waals surface area contributed by atoms with Crippen molar-refractivity contribution in [3.8, 4) is 5.75 Å². The fraction of sp³-hybridized carbons (Fsp3) is 0.455. The Kier molecular flexibility index (Phi) is 9.82. The van der Waals surface area contributed by atoms with Gasteiger partial charge in [-0.3, -0.25) is 4.79 Å². The Morgan fingerprint density at radius 2 is 1.70 bits per heavy atom. The van der Waals surface area contributed by atoms with E-state index in [1.165, 1.54) is 10.1 Å². The Morgan fingerprint density at radius 1 is 0.978 bits per heavy atom. The molecule has 246 valence electrons. The van der Waals surface area contributed by atoms with Crippen molar-refractivity contribution in [3.05, 3.63) is 59.8 Å². The Balaban J connectivity index is 1.38. The molecule has 5 rings (SSSR count). The lowest BCUT2D eigenvalue weighted by Crippen LogP contribution is -2.49. The molecule has 2 aromatic carbocycles. The van der Waals surface area contributed by atoms with Gasteiger partial charge in [-0.15, -0.1) is 0 Å². The Morgan fingerprint density at radius 3 is 2.37 bits per heavy atom. The second kappa shape index (κ2) is 13.6. The number of rotatable bonds is 11. The maximum absolute atomic E-state index is 13.1. The van der Waals surface area contributed by atoms with Crippen molar-refractivity contribution in [3.63, 3.8) is 0 Å². The number of piperidine rings is 1. The number of carbonyl (C=O) groups excluding carboxylic acids is 1. The molecule has 46 heavy (non-hydrogen) atoms. The molecule has 0 spiro atoms. The molecule has 0 bridgehead atoms. The van der Waals surface area contributed by atoms with Crippen molar-refractivity contribution in [2.45, 2.75) is 82.5 Å². The Hall–Kier alpha value is -4.23. The monoisotopic (exact) mass is 648 g/mol. The second-order valence-electron chi connectivity index (χ2n) is 12.4. The van der Waals surface area contributed by atoms with Crippen LogP contribution in [0.25, 0.3) is 5.65 Å². The molecule has 1 aliphatic heterocycles. The molecule has 2 aromatic heterocycles. The number of benzene rings is 2. The summed E-state index contributed by atoms with van der Waals surface area (Å²) >= 11 is 0. The van der Waals surface area contributed by atoms with Crippen molar-refractivity contribution < 1.29 is 17.9 Å². The molecule has 0 radical (unpaired) electrons. The third-order valence-electron chi connectivity index (χ3n) is 8.35. The maximum atomic E-state index is 13.1. The number of amides is 1. The first-order valence-corrected chi connectivity index (χ1v) is 17.3. The van der Waals surface area contributed by atoms with Crippen molar-refractivity contribution in [1.82, 2.24) is 29.8 Å². The zero-order valence-electron chi connectivity index (χ0n) is 27.5. The first-order valence-electron chi connectivity index (χ1n) is 15.7. The normalized spacial score (nSPS) is 15.0. The lowest BCUT2D eigenvalue weighted by molar-refractivity contribution is -0.134. The highest BCUT2D eigenvalue weighted by molar-refractivity contribution is 7.92. The maximum Gasteiger partial charge on any atom is 0.239 e. The molecule has 1 amide bonds. The van der Waals surface area contributed by atoms with Crippen LogP contribution in [0.3, 0.4) is 0 Å². The number of methoxy groups -OCH3 is 1. The van der Waals surface area contributed by atoms with Crippen LogP contribution >= 0.6 is 0 Å². The van der Waals surface area contributed by atoms with Crippen LogP contribution in [0.15, 0.2) is 53.6 Å². The summed E-state index contributed by atoms with van der Waals surface area (Å²) in [5.41, 5.74) is 3.91. The van der Waals surface area contributed by atoms with E-state index in [2.05, 4.69) is 44.0 Å². The zero-order chi connectivity index (χ0) is 33.2. The summed E-state index contributed by atoms with van der Waals surface area (Å²) in [6.07, 6.45) is 3.36. The number of carbonyl (C=O) groups is 1. The van der Waals surface area contributed by atoms with E-state index in [1.54, 1.807) is 57.5 Å². The van der Waals surface area contributed by atoms with Crippen LogP contribution < -0.4 is 20.7 Å². The molecule has 1 aliphatic rings. The predicted octanol–water partition coefficient (Wildman–Crippen LogP) is 5.20. The average Bonchev–Trinajstić information content (AvgIpc) is 3.50. The first kappa shape index (κ1) is 33.1. The summed E-state index contributed by atoms with van der Waals surface area (Å²) in [6, 6.07) is 12.6. The lowest BCUT2D eigenvalue weighted by atomic mass is 9.86. The van der Waals surface area contributed by atoms with Gasteiger partial charge in [-0.25, -0.2) is 8.42 Å². The van der Waals surface area contributed by atoms with Gasteiger partial charge in [0.25, 0.3) is 0 Å². The van der Waals surface area contributed by atoms with E-state index >= 15 is 0 Å². The second-order valence-corrected chi connectivity index (χ2v) is 14.8. The summed E-state index contributed by atoms with van der Waals surface area (Å²) in [7, 11) is -1.93. The minimum absolute atomic E-state index is 0.148. The van der Waals surface area contributed by atoms with E-state index in [9.17, 15) is 13.2 Å². The number of likely N-dealkylation sites (tertiary alicyclic amines) is 1. The number of aryl methyl sites for hydroxylation is 1. The molecule has 0 saturated carbocycles. The highest BCUT2D eigenvalue weighted by Gasteiger charge is 2.28. The molecule has 3 N–H and O–H groups in total. The average molecular weight is 649 g/mol. The van der Waals surface area contributed by atoms with Gasteiger partial charge in [-0.05, 0) is 81.8 Å². The van der Waals surface area contributed by atoms with Gasteiger partial charge >= 0.3 is 0 Å². The van der Waals surface area contributed by atoms with Crippen LogP contribution in [0.4, 0.5) is 23.3 Å². The van der Waals surface area contributed by atoms with Crippen LogP contribution in [0.5, 0.6) is 5.75 Å². The summed E-state index contributed by atoms with van der Waals surface area (Å²) in [4.78, 5) is 24.4. The van der Waals surface area contributed by atoms with Crippen LogP contribution in [-0.4, -0.2) is 76.3 Å². The fourth-order valence-corrected chi connectivity index (χ4v) is 7.14. The summed E-state index contributed by atoms with van der Waals surface area (Å²) < 4.78 is 33.5. The van der Waals surface area contributed by atoms with E-state index in [0.29, 0.717) is 53.7 Å². The number of fused-ring (bicyclic) bond motifs is 1. The number of para-hydroxylation sites is 1. The van der Waals surface area contributed by atoms with Gasteiger partial charge in [0.2, 0.25) is 17.8 Å². The molecular weight excluding hydrogens is 604 g/mol. The van der Waals surface area contributed by atoms with Crippen molar-refractivity contribution in [2.24, 2.45) is 0 Å². The number of nitrogens with zero attached hydrogens (tertiary/aromatic N) is 5. The van der Waals surface area contributed by atoms with Crippen molar-refractivity contribution in [1.29, 1.82) is 0 Å². The molecule has 13 heteroatoms. The van der Waals surface area contributed by atoms with Crippen LogP contribution in [0, 0.1) is 6.92 Å². The van der Waals surface area contributed by atoms with Gasteiger partial charge in [0.15, 0.2) is 15.5 Å². The van der Waals surface area contributed by atoms with Crippen LogP contribution in [0.1, 0.15) is 64.5 Å². The Labute approximate surface area is 270 Å². The molecule has 3 heterocycles. The number of aromatic nitrogens is 4. The SMILES string of the molecule is COc1cc(C2CCN(C(=O)[C@H](C)NC(C)C)CC2)c(C)cc1Nc1nc(Nc2ccccc2S(=O)(=O)C(C)C)n2nccc2n1. The minimum atomic E-state index is -3.56. The topological polar surface area (TPSA) is 143 Å². The van der Waals surface area contributed by atoms with Crippen LogP contribution in [-0.2, 0) is 14.6 Å². The molecule has 0 unspecified atom stereocenters. The number of hydrogen-bond acceptors (Lipinski definition) is 10. The summed E-state index contributed by atoms with van der Waals surface area (Å²) in [5, 5.41) is 13.5. The molecule has 1 saturated heterocycles. The number of sulfone groups is 1. The van der Waals surface area contributed by atoms with E-state index in [1.807, 2.05) is 31.7 Å². The van der Waals surface area contributed by atoms with Gasteiger partial charge in [0, 0.05) is 25.2 Å². The smallest absolute Gasteiger partial charge is 0.239 e. The molecule has 0 aliphatic carbocycles. The zero-order valence-corrected chi connectivity index (χ0v) is 28.4. The number of ether oxygens (including phenoxy) is 1. The summed E-state index contributed by atoms with van der Waals surface area (Å²) in [5.74, 6) is 1.69. The predicted molar refractivity (Wildman–Crippen MR) is 180 cm³/mol. The lowest BCUT2D eigenvalue weighted by Gasteiger charge is -2.35. The highest BCUT2D eigenvalue weighted by Crippen LogP contribution is 2.38. The standard InChI is InChI=1S/C33H44N8O4S/c1-20(2)35-23(6)31(42)40-16-13-24(14-17-40)25-19-28(45-7)27(18-22(25)5)36-32-38-30-12-15-34-41(30)33(39-32)37-26-10-8-9-11-29(26)46(43,44)21(3)4/h8-12,15,18-21,23-24,35H,13-14,16-17H2,1-7H3,(H2,36,37,38,39)/t23-/m0/s1. The minimum Gasteiger partial charge on any atom is -0.495 e. The van der Waals surface area contributed by atoms with E-state index < -0.39 is 15.1 Å². The van der Waals surface area contributed by atoms with Gasteiger partial charge in [-0.2, -0.15) is 19.6 Å². The molecule has 4 aromatic rings. The number of hydrogen-bond donors (Lipinski definition) is 3. The van der Waals surface area contributed by atoms with Gasteiger partial charge < -0.3 is 25.6 Å². The quantitative estimate of drug-likeness (QED) is 0.199. The van der Waals surface area contributed by atoms with Crippen molar-refractivity contribution in [2.75, 3.05) is 30.8 Å². The molecule has 1 atom stereocenters. The number of nitrogens with one attached hydrogen (secondary N) is 3. The van der Waals surface area contributed by atoms with Gasteiger partial charge in [-0.1, -0.05) is 26.0 Å². The van der Waals surface area contributed by atoms with E-state index in [0.717, 1.165) is 18.4 Å².